The van der Waals surface area contributed by atoms with Gasteiger partial charge in [0.05, 0.1) is 23.9 Å². The first-order valence-corrected chi connectivity index (χ1v) is 9.00. The maximum atomic E-state index is 6.11. The normalized spacial score (nSPS) is 27.2. The molecule has 1 aliphatic heterocycles. The molecule has 0 unspecified atom stereocenters. The van der Waals surface area contributed by atoms with Crippen LogP contribution >= 0.6 is 11.6 Å². The van der Waals surface area contributed by atoms with Crippen molar-refractivity contribution in [2.45, 2.75) is 63.7 Å². The van der Waals surface area contributed by atoms with Gasteiger partial charge in [-0.2, -0.15) is 5.10 Å². The first-order chi connectivity index (χ1) is 11.6. The Bertz CT molecular complexity index is 719. The van der Waals surface area contributed by atoms with Gasteiger partial charge in [0.15, 0.2) is 0 Å². The van der Waals surface area contributed by atoms with E-state index in [1.807, 2.05) is 6.07 Å². The fourth-order valence-electron chi connectivity index (χ4n) is 3.45. The average Bonchev–Trinajstić information content (AvgIpc) is 3.28. The number of halogens is 1. The molecule has 2 aromatic rings. The van der Waals surface area contributed by atoms with Crippen LogP contribution in [0.5, 0.6) is 11.6 Å². The van der Waals surface area contributed by atoms with Gasteiger partial charge in [0.1, 0.15) is 10.9 Å². The lowest BCUT2D eigenvalue weighted by Crippen LogP contribution is -2.31. The fraction of sp³-hybridized carbons (Fsp3) is 0.556. The van der Waals surface area contributed by atoms with Gasteiger partial charge in [-0.25, -0.2) is 9.67 Å². The highest BCUT2D eigenvalue weighted by Gasteiger charge is 2.32. The molecule has 5 nitrogen and oxygen atoms in total. The molecule has 6 heteroatoms. The molecule has 24 heavy (non-hydrogen) atoms. The molecule has 1 saturated heterocycles. The van der Waals surface area contributed by atoms with Gasteiger partial charge < -0.3 is 9.47 Å². The van der Waals surface area contributed by atoms with Gasteiger partial charge in [-0.15, -0.1) is 0 Å². The molecular formula is C18H22ClN3O2. The molecule has 0 spiro atoms. The number of hydrogen-bond donors (Lipinski definition) is 0. The van der Waals surface area contributed by atoms with Crippen LogP contribution in [0, 0.1) is 0 Å². The fourth-order valence-corrected chi connectivity index (χ4v) is 3.61. The summed E-state index contributed by atoms with van der Waals surface area (Å²) in [7, 11) is 0. The first-order valence-electron chi connectivity index (χ1n) is 8.63. The average molecular weight is 348 g/mol. The largest absolute Gasteiger partial charge is 0.439 e. The standard InChI is InChI=1S/C18H22ClN3O2/c1-11-7-14(8-12(2)23-11)22-18(10-16(21-22)13-3-4-13)24-15-5-6-20-17(19)9-15/h5-6,9-14H,3-4,7-8H2,1-2H3/t11-,12+,14+. The summed E-state index contributed by atoms with van der Waals surface area (Å²) in [6, 6.07) is 5.92. The molecule has 2 aromatic heterocycles. The summed E-state index contributed by atoms with van der Waals surface area (Å²) in [4.78, 5) is 4.00. The summed E-state index contributed by atoms with van der Waals surface area (Å²) < 4.78 is 14.0. The highest BCUT2D eigenvalue weighted by Crippen LogP contribution is 2.42. The maximum Gasteiger partial charge on any atom is 0.218 e. The van der Waals surface area contributed by atoms with Crippen LogP contribution in [0.15, 0.2) is 24.4 Å². The Kier molecular flexibility index (Phi) is 4.22. The summed E-state index contributed by atoms with van der Waals surface area (Å²) in [5.74, 6) is 2.06. The molecule has 4 rings (SSSR count). The van der Waals surface area contributed by atoms with Crippen LogP contribution in [0.25, 0.3) is 0 Å². The van der Waals surface area contributed by atoms with Crippen molar-refractivity contribution >= 4 is 11.6 Å². The monoisotopic (exact) mass is 347 g/mol. The van der Waals surface area contributed by atoms with Crippen molar-refractivity contribution < 1.29 is 9.47 Å². The molecule has 3 heterocycles. The minimum absolute atomic E-state index is 0.232. The highest BCUT2D eigenvalue weighted by molar-refractivity contribution is 6.29. The lowest BCUT2D eigenvalue weighted by molar-refractivity contribution is -0.0514. The number of nitrogens with zero attached hydrogens (tertiary/aromatic N) is 3. The first kappa shape index (κ1) is 15.9. The Hall–Kier alpha value is -1.59. The maximum absolute atomic E-state index is 6.11. The van der Waals surface area contributed by atoms with Crippen LogP contribution in [0.4, 0.5) is 0 Å². The Morgan fingerprint density at radius 3 is 2.62 bits per heavy atom. The van der Waals surface area contributed by atoms with E-state index in [1.165, 1.54) is 12.8 Å². The van der Waals surface area contributed by atoms with Crippen LogP contribution in [-0.2, 0) is 4.74 Å². The molecule has 3 atom stereocenters. The Morgan fingerprint density at radius 1 is 1.21 bits per heavy atom. The van der Waals surface area contributed by atoms with Gasteiger partial charge in [0.25, 0.3) is 0 Å². The number of ether oxygens (including phenoxy) is 2. The van der Waals surface area contributed by atoms with Crippen LogP contribution in [0.3, 0.4) is 0 Å². The molecule has 2 fully saturated rings. The van der Waals surface area contributed by atoms with Crippen molar-refractivity contribution in [1.29, 1.82) is 0 Å². The van der Waals surface area contributed by atoms with Gasteiger partial charge in [-0.05, 0) is 45.6 Å². The Labute approximate surface area is 146 Å². The van der Waals surface area contributed by atoms with Gasteiger partial charge in [-0.1, -0.05) is 11.6 Å². The zero-order valence-corrected chi connectivity index (χ0v) is 14.7. The zero-order valence-electron chi connectivity index (χ0n) is 14.0. The van der Waals surface area contributed by atoms with Crippen molar-refractivity contribution in [3.05, 3.63) is 35.2 Å². The lowest BCUT2D eigenvalue weighted by Gasteiger charge is -2.32. The SMILES string of the molecule is C[C@@H]1C[C@H](n2nc(C3CC3)cc2Oc2ccnc(Cl)c2)C[C@H](C)O1. The van der Waals surface area contributed by atoms with Gasteiger partial charge in [0.2, 0.25) is 5.88 Å². The summed E-state index contributed by atoms with van der Waals surface area (Å²) in [5.41, 5.74) is 1.14. The third kappa shape index (κ3) is 3.42. The second-order valence-electron chi connectivity index (χ2n) is 6.93. The quantitative estimate of drug-likeness (QED) is 0.750. The number of aromatic nitrogens is 3. The van der Waals surface area contributed by atoms with Crippen molar-refractivity contribution in [2.24, 2.45) is 0 Å². The van der Waals surface area contributed by atoms with Crippen LogP contribution in [0.2, 0.25) is 5.15 Å². The predicted molar refractivity (Wildman–Crippen MR) is 91.8 cm³/mol. The minimum Gasteiger partial charge on any atom is -0.439 e. The second kappa shape index (κ2) is 6.37. The van der Waals surface area contributed by atoms with E-state index < -0.39 is 0 Å². The molecule has 0 radical (unpaired) electrons. The van der Waals surface area contributed by atoms with Crippen molar-refractivity contribution in [1.82, 2.24) is 14.8 Å². The molecule has 0 bridgehead atoms. The smallest absolute Gasteiger partial charge is 0.218 e. The van der Waals surface area contributed by atoms with E-state index in [2.05, 4.69) is 29.6 Å². The Morgan fingerprint density at radius 2 is 1.96 bits per heavy atom. The van der Waals surface area contributed by atoms with Crippen molar-refractivity contribution in [2.75, 3.05) is 0 Å². The molecular weight excluding hydrogens is 326 g/mol. The Balaban J connectivity index is 1.64. The molecule has 1 aliphatic carbocycles. The number of pyridine rings is 1. The molecule has 2 aliphatic rings. The van der Waals surface area contributed by atoms with Crippen LogP contribution in [-0.4, -0.2) is 27.0 Å². The van der Waals surface area contributed by atoms with E-state index in [4.69, 9.17) is 26.2 Å². The van der Waals surface area contributed by atoms with Gasteiger partial charge in [-0.3, -0.25) is 0 Å². The van der Waals surface area contributed by atoms with E-state index in [-0.39, 0.29) is 12.2 Å². The van der Waals surface area contributed by atoms with Gasteiger partial charge >= 0.3 is 0 Å². The third-order valence-corrected chi connectivity index (χ3v) is 4.86. The van der Waals surface area contributed by atoms with Crippen LogP contribution in [0.1, 0.15) is 57.2 Å². The van der Waals surface area contributed by atoms with Crippen molar-refractivity contribution in [3.8, 4) is 11.6 Å². The summed E-state index contributed by atoms with van der Waals surface area (Å²) in [6.07, 6.45) is 6.45. The third-order valence-electron chi connectivity index (χ3n) is 4.65. The molecule has 1 saturated carbocycles. The van der Waals surface area contributed by atoms with E-state index >= 15 is 0 Å². The number of rotatable bonds is 4. The lowest BCUT2D eigenvalue weighted by atomic mass is 10.0. The minimum atomic E-state index is 0.232. The summed E-state index contributed by atoms with van der Waals surface area (Å²) in [6.45, 7) is 4.24. The van der Waals surface area contributed by atoms with E-state index in [1.54, 1.807) is 12.3 Å². The summed E-state index contributed by atoms with van der Waals surface area (Å²) in [5, 5.41) is 5.30. The topological polar surface area (TPSA) is 49.2 Å². The molecule has 0 aromatic carbocycles. The van der Waals surface area contributed by atoms with E-state index in [0.717, 1.165) is 24.4 Å². The summed E-state index contributed by atoms with van der Waals surface area (Å²) >= 11 is 5.97. The van der Waals surface area contributed by atoms with E-state index in [0.29, 0.717) is 22.9 Å². The van der Waals surface area contributed by atoms with Crippen LogP contribution < -0.4 is 4.74 Å². The molecule has 0 amide bonds. The molecule has 128 valence electrons. The zero-order chi connectivity index (χ0) is 16.7. The predicted octanol–water partition coefficient (Wildman–Crippen LogP) is 4.73. The number of hydrogen-bond acceptors (Lipinski definition) is 4. The highest BCUT2D eigenvalue weighted by atomic mass is 35.5. The van der Waals surface area contributed by atoms with Gasteiger partial charge in [0, 0.05) is 24.2 Å². The second-order valence-corrected chi connectivity index (χ2v) is 7.31. The van der Waals surface area contributed by atoms with E-state index in [9.17, 15) is 0 Å². The molecule has 0 N–H and O–H groups in total. The van der Waals surface area contributed by atoms with Crippen molar-refractivity contribution in [3.63, 3.8) is 0 Å².